The fourth-order valence-corrected chi connectivity index (χ4v) is 4.44. The van der Waals surface area contributed by atoms with E-state index >= 15 is 0 Å². The minimum atomic E-state index is 0.278. The van der Waals surface area contributed by atoms with Crippen molar-refractivity contribution in [3.8, 4) is 11.5 Å². The van der Waals surface area contributed by atoms with E-state index < -0.39 is 0 Å². The van der Waals surface area contributed by atoms with Gasteiger partial charge in [-0.1, -0.05) is 25.0 Å². The summed E-state index contributed by atoms with van der Waals surface area (Å²) >= 11 is 1.90. The van der Waals surface area contributed by atoms with Gasteiger partial charge in [-0.25, -0.2) is 0 Å². The summed E-state index contributed by atoms with van der Waals surface area (Å²) in [6, 6.07) is 10.7. The standard InChI is InChI=1S/C19H25NO2S/c1-14-10-11-18(23-14)16-8-4-3-5-12-20(16)13-15-7-6-9-17(22-2)19(15)21/h6-7,9-11,16,21H,3-5,8,12-13H2,1-2H3. The van der Waals surface area contributed by atoms with E-state index in [0.717, 1.165) is 18.7 Å². The number of methoxy groups -OCH3 is 1. The Hall–Kier alpha value is -1.52. The molecule has 0 bridgehead atoms. The predicted molar refractivity (Wildman–Crippen MR) is 95.3 cm³/mol. The molecule has 1 atom stereocenters. The van der Waals surface area contributed by atoms with E-state index in [1.807, 2.05) is 23.5 Å². The van der Waals surface area contributed by atoms with Crippen molar-refractivity contribution in [1.82, 2.24) is 4.90 Å². The molecule has 3 rings (SSSR count). The molecule has 1 saturated heterocycles. The first-order valence-electron chi connectivity index (χ1n) is 8.34. The number of nitrogens with zero attached hydrogens (tertiary/aromatic N) is 1. The van der Waals surface area contributed by atoms with Gasteiger partial charge < -0.3 is 9.84 Å². The quantitative estimate of drug-likeness (QED) is 0.866. The monoisotopic (exact) mass is 331 g/mol. The number of hydrogen-bond donors (Lipinski definition) is 1. The van der Waals surface area contributed by atoms with Crippen LogP contribution in [0.5, 0.6) is 11.5 Å². The number of aromatic hydroxyl groups is 1. The van der Waals surface area contributed by atoms with Gasteiger partial charge in [-0.15, -0.1) is 11.3 Å². The van der Waals surface area contributed by atoms with Crippen molar-refractivity contribution >= 4 is 11.3 Å². The molecule has 2 aromatic rings. The van der Waals surface area contributed by atoms with Crippen LogP contribution in [0.3, 0.4) is 0 Å². The van der Waals surface area contributed by atoms with Crippen molar-refractivity contribution in [2.45, 2.75) is 45.2 Å². The Bertz CT molecular complexity index is 653. The summed E-state index contributed by atoms with van der Waals surface area (Å²) < 4.78 is 5.25. The van der Waals surface area contributed by atoms with Crippen molar-refractivity contribution < 1.29 is 9.84 Å². The van der Waals surface area contributed by atoms with E-state index in [4.69, 9.17) is 4.74 Å². The number of ether oxygens (including phenoxy) is 1. The number of likely N-dealkylation sites (tertiary alicyclic amines) is 1. The zero-order chi connectivity index (χ0) is 16.2. The number of benzene rings is 1. The number of phenolic OH excluding ortho intramolecular Hbond substituents is 1. The molecule has 0 spiro atoms. The van der Waals surface area contributed by atoms with Gasteiger partial charge in [0.05, 0.1) is 7.11 Å². The van der Waals surface area contributed by atoms with Crippen molar-refractivity contribution in [2.24, 2.45) is 0 Å². The van der Waals surface area contributed by atoms with E-state index in [1.165, 1.54) is 35.4 Å². The molecule has 1 fully saturated rings. The second-order valence-corrected chi connectivity index (χ2v) is 7.57. The lowest BCUT2D eigenvalue weighted by Crippen LogP contribution is -2.27. The van der Waals surface area contributed by atoms with Gasteiger partial charge in [0.1, 0.15) is 0 Å². The fourth-order valence-electron chi connectivity index (χ4n) is 3.39. The third kappa shape index (κ3) is 3.70. The van der Waals surface area contributed by atoms with Crippen LogP contribution in [0.4, 0.5) is 0 Å². The Morgan fingerprint density at radius 2 is 2.09 bits per heavy atom. The molecule has 1 N–H and O–H groups in total. The molecule has 2 heterocycles. The zero-order valence-electron chi connectivity index (χ0n) is 13.9. The van der Waals surface area contributed by atoms with Gasteiger partial charge in [-0.2, -0.15) is 0 Å². The Labute approximate surface area is 142 Å². The first-order chi connectivity index (χ1) is 11.2. The molecule has 1 unspecified atom stereocenters. The van der Waals surface area contributed by atoms with Crippen molar-refractivity contribution in [2.75, 3.05) is 13.7 Å². The lowest BCUT2D eigenvalue weighted by atomic mass is 10.1. The third-order valence-electron chi connectivity index (χ3n) is 4.63. The highest BCUT2D eigenvalue weighted by Gasteiger charge is 2.25. The number of phenols is 1. The van der Waals surface area contributed by atoms with Gasteiger partial charge in [-0.05, 0) is 44.5 Å². The minimum absolute atomic E-state index is 0.278. The minimum Gasteiger partial charge on any atom is -0.504 e. The van der Waals surface area contributed by atoms with Crippen molar-refractivity contribution in [1.29, 1.82) is 0 Å². The molecule has 1 aromatic carbocycles. The zero-order valence-corrected chi connectivity index (χ0v) is 14.7. The van der Waals surface area contributed by atoms with Crippen LogP contribution in [0.15, 0.2) is 30.3 Å². The fraction of sp³-hybridized carbons (Fsp3) is 0.474. The highest BCUT2D eigenvalue weighted by atomic mass is 32.1. The summed E-state index contributed by atoms with van der Waals surface area (Å²) in [4.78, 5) is 5.34. The van der Waals surface area contributed by atoms with Gasteiger partial charge in [0.2, 0.25) is 0 Å². The van der Waals surface area contributed by atoms with Crippen molar-refractivity contribution in [3.63, 3.8) is 0 Å². The lowest BCUT2D eigenvalue weighted by Gasteiger charge is -2.29. The van der Waals surface area contributed by atoms with E-state index in [-0.39, 0.29) is 5.75 Å². The van der Waals surface area contributed by atoms with Crippen LogP contribution in [0.2, 0.25) is 0 Å². The summed E-state index contributed by atoms with van der Waals surface area (Å²) in [6.07, 6.45) is 5.00. The molecule has 0 aliphatic carbocycles. The SMILES string of the molecule is COc1cccc(CN2CCCCCC2c2ccc(C)s2)c1O. The van der Waals surface area contributed by atoms with E-state index in [1.54, 1.807) is 13.2 Å². The molecule has 4 heteroatoms. The molecular weight excluding hydrogens is 306 g/mol. The number of para-hydroxylation sites is 1. The molecule has 124 valence electrons. The second kappa shape index (κ2) is 7.37. The van der Waals surface area contributed by atoms with Gasteiger partial charge >= 0.3 is 0 Å². The van der Waals surface area contributed by atoms with Gasteiger partial charge in [0.15, 0.2) is 11.5 Å². The van der Waals surface area contributed by atoms with Crippen LogP contribution in [0.25, 0.3) is 0 Å². The Kier molecular flexibility index (Phi) is 5.23. The number of rotatable bonds is 4. The average Bonchev–Trinajstić information content (AvgIpc) is 2.84. The highest BCUT2D eigenvalue weighted by Crippen LogP contribution is 2.37. The summed E-state index contributed by atoms with van der Waals surface area (Å²) in [6.45, 7) is 4.02. The molecule has 0 amide bonds. The van der Waals surface area contributed by atoms with Gasteiger partial charge in [-0.3, -0.25) is 4.90 Å². The molecule has 1 aliphatic rings. The molecule has 1 aliphatic heterocycles. The third-order valence-corrected chi connectivity index (χ3v) is 5.73. The largest absolute Gasteiger partial charge is 0.504 e. The van der Waals surface area contributed by atoms with Gasteiger partial charge in [0, 0.05) is 27.9 Å². The summed E-state index contributed by atoms with van der Waals surface area (Å²) in [5, 5.41) is 10.4. The maximum absolute atomic E-state index is 10.4. The van der Waals surface area contributed by atoms with Crippen LogP contribution < -0.4 is 4.74 Å². The predicted octanol–water partition coefficient (Wildman–Crippen LogP) is 4.89. The van der Waals surface area contributed by atoms with Crippen LogP contribution in [-0.4, -0.2) is 23.7 Å². The molecular formula is C19H25NO2S. The van der Waals surface area contributed by atoms with E-state index in [0.29, 0.717) is 11.8 Å². The summed E-state index contributed by atoms with van der Waals surface area (Å²) in [5.74, 6) is 0.834. The van der Waals surface area contributed by atoms with E-state index in [9.17, 15) is 5.11 Å². The van der Waals surface area contributed by atoms with Crippen molar-refractivity contribution in [3.05, 3.63) is 45.6 Å². The van der Waals surface area contributed by atoms with Crippen LogP contribution in [0.1, 0.15) is 47.0 Å². The number of hydrogen-bond acceptors (Lipinski definition) is 4. The number of aryl methyl sites for hydroxylation is 1. The smallest absolute Gasteiger partial charge is 0.162 e. The first-order valence-corrected chi connectivity index (χ1v) is 9.16. The molecule has 0 saturated carbocycles. The Morgan fingerprint density at radius 1 is 1.22 bits per heavy atom. The molecule has 3 nitrogen and oxygen atoms in total. The molecule has 23 heavy (non-hydrogen) atoms. The second-order valence-electron chi connectivity index (χ2n) is 6.25. The molecule has 1 aromatic heterocycles. The highest BCUT2D eigenvalue weighted by molar-refractivity contribution is 7.12. The summed E-state index contributed by atoms with van der Waals surface area (Å²) in [7, 11) is 1.60. The average molecular weight is 331 g/mol. The number of thiophene rings is 1. The Balaban J connectivity index is 1.86. The van der Waals surface area contributed by atoms with Crippen LogP contribution in [-0.2, 0) is 6.54 Å². The normalized spacial score (nSPS) is 19.5. The lowest BCUT2D eigenvalue weighted by molar-refractivity contribution is 0.192. The van der Waals surface area contributed by atoms with Gasteiger partial charge in [0.25, 0.3) is 0 Å². The van der Waals surface area contributed by atoms with Crippen LogP contribution >= 0.6 is 11.3 Å². The topological polar surface area (TPSA) is 32.7 Å². The Morgan fingerprint density at radius 3 is 2.83 bits per heavy atom. The maximum Gasteiger partial charge on any atom is 0.162 e. The molecule has 0 radical (unpaired) electrons. The summed E-state index contributed by atoms with van der Waals surface area (Å²) in [5.41, 5.74) is 0.949. The first kappa shape index (κ1) is 16.3. The van der Waals surface area contributed by atoms with Crippen LogP contribution in [0, 0.1) is 6.92 Å². The van der Waals surface area contributed by atoms with E-state index in [2.05, 4.69) is 24.0 Å². The maximum atomic E-state index is 10.4.